The van der Waals surface area contributed by atoms with E-state index in [1.165, 1.54) is 12.0 Å². The first kappa shape index (κ1) is 8.99. The van der Waals surface area contributed by atoms with Crippen molar-refractivity contribution < 1.29 is 2.81 Å². The molecule has 2 heteroatoms. The van der Waals surface area contributed by atoms with Gasteiger partial charge in [-0.2, -0.15) is 0 Å². The first-order chi connectivity index (χ1) is 5.38. The summed E-state index contributed by atoms with van der Waals surface area (Å²) in [5.74, 6) is 1.08. The van der Waals surface area contributed by atoms with Gasteiger partial charge in [0.05, 0.1) is 0 Å². The van der Waals surface area contributed by atoms with Crippen LogP contribution in [-0.4, -0.2) is 25.2 Å². The van der Waals surface area contributed by atoms with Gasteiger partial charge in [0.1, 0.15) is 0 Å². The molecule has 0 aliphatic heterocycles. The summed E-state index contributed by atoms with van der Waals surface area (Å²) in [5, 5.41) is 0. The van der Waals surface area contributed by atoms with Gasteiger partial charge in [-0.1, -0.05) is 0 Å². The van der Waals surface area contributed by atoms with Crippen molar-refractivity contribution in [2.24, 2.45) is 0 Å². The number of hydrogen-bond donors (Lipinski definition) is 0. The normalized spacial score (nSPS) is 9.64. The number of hydrogen-bond acceptors (Lipinski definition) is 1. The van der Waals surface area contributed by atoms with E-state index in [2.05, 4.69) is 19.1 Å². The van der Waals surface area contributed by atoms with Gasteiger partial charge in [0.25, 0.3) is 0 Å². The van der Waals surface area contributed by atoms with E-state index in [4.69, 9.17) is 2.81 Å². The second kappa shape index (κ2) is 4.71. The Morgan fingerprint density at radius 1 is 1.36 bits per heavy atom. The third-order valence-corrected chi connectivity index (χ3v) is 2.61. The molecule has 0 radical (unpaired) electrons. The summed E-state index contributed by atoms with van der Waals surface area (Å²) in [6, 6.07) is 8.28. The van der Waals surface area contributed by atoms with E-state index < -0.39 is 0 Å². The van der Waals surface area contributed by atoms with E-state index in [1.807, 2.05) is 12.1 Å². The monoisotopic (exact) mass is 346 g/mol. The maximum atomic E-state index is 5.36. The Kier molecular flexibility index (Phi) is 3.86. The van der Waals surface area contributed by atoms with Crippen LogP contribution in [0.4, 0.5) is 0 Å². The topological polar surface area (TPSA) is 9.23 Å². The standard InChI is InChI=1S/C9H12O.Bi.2H/c1-2-5-8-6-3-4-7-9(8)10;;;/h3-4,6-7,10H,2,5H2,1H3;;;/q;+1;;/p-1. The van der Waals surface area contributed by atoms with Crippen molar-refractivity contribution in [2.45, 2.75) is 19.8 Å². The molecule has 0 atom stereocenters. The van der Waals surface area contributed by atoms with Gasteiger partial charge >= 0.3 is 83.3 Å². The third-order valence-electron chi connectivity index (χ3n) is 1.62. The average Bonchev–Trinajstić information content (AvgIpc) is 2.06. The van der Waals surface area contributed by atoms with E-state index in [1.54, 1.807) is 0 Å². The van der Waals surface area contributed by atoms with Crippen LogP contribution in [0.15, 0.2) is 24.3 Å². The molecule has 11 heavy (non-hydrogen) atoms. The van der Waals surface area contributed by atoms with Crippen LogP contribution in [0.25, 0.3) is 0 Å². The minimum atomic E-state index is 0.595. The number of para-hydroxylation sites is 1. The van der Waals surface area contributed by atoms with Crippen LogP contribution < -0.4 is 2.81 Å². The van der Waals surface area contributed by atoms with Crippen LogP contribution in [0.2, 0.25) is 0 Å². The van der Waals surface area contributed by atoms with Crippen molar-refractivity contribution >= 4 is 25.2 Å². The van der Waals surface area contributed by atoms with Crippen molar-refractivity contribution in [1.82, 2.24) is 0 Å². The van der Waals surface area contributed by atoms with Crippen molar-refractivity contribution in [2.75, 3.05) is 0 Å². The van der Waals surface area contributed by atoms with E-state index in [-0.39, 0.29) is 0 Å². The van der Waals surface area contributed by atoms with Crippen molar-refractivity contribution in [3.8, 4) is 5.75 Å². The van der Waals surface area contributed by atoms with Crippen LogP contribution in [-0.2, 0) is 6.42 Å². The molecule has 0 aliphatic rings. The molecule has 60 valence electrons. The van der Waals surface area contributed by atoms with Crippen molar-refractivity contribution in [3.63, 3.8) is 0 Å². The van der Waals surface area contributed by atoms with Gasteiger partial charge in [-0.25, -0.2) is 0 Å². The Hall–Kier alpha value is -0.0969. The molecule has 0 aliphatic carbocycles. The Morgan fingerprint density at radius 3 is 2.73 bits per heavy atom. The van der Waals surface area contributed by atoms with Crippen LogP contribution in [0.5, 0.6) is 5.75 Å². The molecule has 0 N–H and O–H groups in total. The molecule has 1 rings (SSSR count). The quantitative estimate of drug-likeness (QED) is 0.755. The molecule has 0 spiro atoms. The predicted octanol–water partition coefficient (Wildman–Crippen LogP) is 1.57. The second-order valence-corrected chi connectivity index (χ2v) is 3.39. The van der Waals surface area contributed by atoms with Crippen LogP contribution in [0, 0.1) is 0 Å². The van der Waals surface area contributed by atoms with Crippen LogP contribution in [0.3, 0.4) is 0 Å². The fourth-order valence-electron chi connectivity index (χ4n) is 1.09. The van der Waals surface area contributed by atoms with Gasteiger partial charge in [-0.3, -0.25) is 0 Å². The predicted molar refractivity (Wildman–Crippen MR) is 49.6 cm³/mol. The molecular formula is C9H13BiO. The van der Waals surface area contributed by atoms with Gasteiger partial charge < -0.3 is 0 Å². The first-order valence-electron chi connectivity index (χ1n) is 3.83. The fraction of sp³-hybridized carbons (Fsp3) is 0.333. The summed E-state index contributed by atoms with van der Waals surface area (Å²) in [5.41, 5.74) is 1.34. The molecule has 0 unspecified atom stereocenters. The zero-order chi connectivity index (χ0) is 8.10. The summed E-state index contributed by atoms with van der Waals surface area (Å²) in [7, 11) is 0. The first-order valence-corrected chi connectivity index (χ1v) is 5.66. The molecule has 0 aromatic heterocycles. The van der Waals surface area contributed by atoms with Gasteiger partial charge in [0.15, 0.2) is 0 Å². The Bertz CT molecular complexity index is 223. The van der Waals surface area contributed by atoms with Crippen molar-refractivity contribution in [1.29, 1.82) is 0 Å². The SMILES string of the molecule is CCCc1ccccc1[O][BiH2]. The molecule has 1 aromatic rings. The molecule has 1 aromatic carbocycles. The molecule has 0 saturated carbocycles. The maximum absolute atomic E-state index is 5.36. The van der Waals surface area contributed by atoms with Gasteiger partial charge in [0.2, 0.25) is 0 Å². The molecular weight excluding hydrogens is 333 g/mol. The third kappa shape index (κ3) is 2.45. The summed E-state index contributed by atoms with van der Waals surface area (Å²) >= 11 is 0.595. The van der Waals surface area contributed by atoms with Gasteiger partial charge in [0, 0.05) is 0 Å². The minimum absolute atomic E-state index is 0.595. The van der Waals surface area contributed by atoms with Gasteiger partial charge in [-0.05, 0) is 0 Å². The fourth-order valence-corrected chi connectivity index (χ4v) is 1.99. The van der Waals surface area contributed by atoms with Crippen LogP contribution >= 0.6 is 0 Å². The summed E-state index contributed by atoms with van der Waals surface area (Å²) < 4.78 is 5.36. The molecule has 0 bridgehead atoms. The Balaban J connectivity index is 2.83. The molecule has 0 fully saturated rings. The summed E-state index contributed by atoms with van der Waals surface area (Å²) in [4.78, 5) is 0. The molecule has 1 nitrogen and oxygen atoms in total. The second-order valence-electron chi connectivity index (χ2n) is 2.48. The van der Waals surface area contributed by atoms with E-state index in [0.29, 0.717) is 25.2 Å². The molecule has 0 heterocycles. The van der Waals surface area contributed by atoms with Crippen molar-refractivity contribution in [3.05, 3.63) is 29.8 Å². The number of rotatable bonds is 3. The Labute approximate surface area is 83.2 Å². The number of benzene rings is 1. The number of aryl methyl sites for hydroxylation is 1. The zero-order valence-corrected chi connectivity index (χ0v) is 11.2. The summed E-state index contributed by atoms with van der Waals surface area (Å²) in [6.07, 6.45) is 2.31. The molecule has 0 amide bonds. The van der Waals surface area contributed by atoms with E-state index >= 15 is 0 Å². The van der Waals surface area contributed by atoms with E-state index in [0.717, 1.165) is 12.2 Å². The van der Waals surface area contributed by atoms with Gasteiger partial charge in [-0.15, -0.1) is 0 Å². The van der Waals surface area contributed by atoms with E-state index in [9.17, 15) is 0 Å². The molecule has 0 saturated heterocycles. The zero-order valence-electron chi connectivity index (χ0n) is 6.71. The average molecular weight is 346 g/mol. The van der Waals surface area contributed by atoms with Crippen LogP contribution in [0.1, 0.15) is 18.9 Å². The Morgan fingerprint density at radius 2 is 2.09 bits per heavy atom. The summed E-state index contributed by atoms with van der Waals surface area (Å²) in [6.45, 7) is 2.19.